The number of rotatable bonds is 2. The Balaban J connectivity index is 1.85. The molecule has 2 aliphatic rings. The Hall–Kier alpha value is -1.16. The number of anilines is 1. The molecule has 2 fully saturated rings. The third kappa shape index (κ3) is 2.95. The van der Waals surface area contributed by atoms with E-state index >= 15 is 0 Å². The molecule has 3 heterocycles. The summed E-state index contributed by atoms with van der Waals surface area (Å²) >= 11 is 0. The zero-order valence-electron chi connectivity index (χ0n) is 12.9. The van der Waals surface area contributed by atoms with E-state index in [4.69, 9.17) is 0 Å². The van der Waals surface area contributed by atoms with E-state index in [-0.39, 0.29) is 0 Å². The minimum Gasteiger partial charge on any atom is -0.356 e. The molecule has 0 aromatic carbocycles. The second-order valence-electron chi connectivity index (χ2n) is 7.08. The maximum Gasteiger partial charge on any atom is 0.132 e. The van der Waals surface area contributed by atoms with Crippen LogP contribution in [0.25, 0.3) is 0 Å². The van der Waals surface area contributed by atoms with Crippen molar-refractivity contribution in [2.75, 3.05) is 31.1 Å². The van der Waals surface area contributed by atoms with Crippen LogP contribution in [0.3, 0.4) is 0 Å². The van der Waals surface area contributed by atoms with Crippen LogP contribution < -0.4 is 10.2 Å². The van der Waals surface area contributed by atoms with Crippen LogP contribution in [-0.2, 0) is 0 Å². The van der Waals surface area contributed by atoms with Crippen molar-refractivity contribution in [3.63, 3.8) is 0 Å². The molecular formula is C16H26N4. The fourth-order valence-electron chi connectivity index (χ4n) is 3.47. The summed E-state index contributed by atoms with van der Waals surface area (Å²) in [6, 6.07) is 2.23. The summed E-state index contributed by atoms with van der Waals surface area (Å²) in [6.07, 6.45) is 3.77. The van der Waals surface area contributed by atoms with Gasteiger partial charge in [0.2, 0.25) is 0 Å². The molecule has 20 heavy (non-hydrogen) atoms. The number of aromatic nitrogens is 2. The summed E-state index contributed by atoms with van der Waals surface area (Å²) in [5.74, 6) is 2.60. The molecule has 2 aliphatic heterocycles. The summed E-state index contributed by atoms with van der Waals surface area (Å²) in [6.45, 7) is 11.1. The molecule has 0 saturated carbocycles. The third-order valence-electron chi connectivity index (χ3n) is 4.55. The molecule has 1 aromatic rings. The second-order valence-corrected chi connectivity index (χ2v) is 7.08. The zero-order chi connectivity index (χ0) is 14.2. The molecule has 0 aliphatic carbocycles. The number of aryl methyl sites for hydroxylation is 1. The first-order chi connectivity index (χ1) is 9.53. The highest BCUT2D eigenvalue weighted by Crippen LogP contribution is 2.32. The molecule has 4 nitrogen and oxygen atoms in total. The van der Waals surface area contributed by atoms with Crippen molar-refractivity contribution in [1.82, 2.24) is 15.3 Å². The van der Waals surface area contributed by atoms with Gasteiger partial charge >= 0.3 is 0 Å². The molecule has 4 heteroatoms. The number of nitrogens with zero attached hydrogens (tertiary/aromatic N) is 3. The van der Waals surface area contributed by atoms with E-state index < -0.39 is 0 Å². The van der Waals surface area contributed by atoms with Gasteiger partial charge in [-0.05, 0) is 38.1 Å². The van der Waals surface area contributed by atoms with Crippen LogP contribution in [0, 0.1) is 12.3 Å². The monoisotopic (exact) mass is 274 g/mol. The first-order valence-corrected chi connectivity index (χ1v) is 7.85. The highest BCUT2D eigenvalue weighted by molar-refractivity contribution is 5.41. The minimum absolute atomic E-state index is 0.395. The van der Waals surface area contributed by atoms with E-state index in [1.807, 2.05) is 6.92 Å². The van der Waals surface area contributed by atoms with Crippen LogP contribution in [0.5, 0.6) is 0 Å². The Kier molecular flexibility index (Phi) is 3.67. The summed E-state index contributed by atoms with van der Waals surface area (Å²) < 4.78 is 0. The average Bonchev–Trinajstić information content (AvgIpc) is 2.90. The van der Waals surface area contributed by atoms with E-state index in [0.29, 0.717) is 11.3 Å². The van der Waals surface area contributed by atoms with Crippen LogP contribution in [0.15, 0.2) is 6.07 Å². The Labute approximate surface area is 122 Å². The Morgan fingerprint density at radius 2 is 2.20 bits per heavy atom. The van der Waals surface area contributed by atoms with Gasteiger partial charge < -0.3 is 10.2 Å². The van der Waals surface area contributed by atoms with Gasteiger partial charge in [-0.15, -0.1) is 0 Å². The first kappa shape index (κ1) is 13.8. The number of nitrogens with one attached hydrogen (secondary N) is 1. The van der Waals surface area contributed by atoms with Gasteiger partial charge in [-0.2, -0.15) is 0 Å². The van der Waals surface area contributed by atoms with Gasteiger partial charge in [0.25, 0.3) is 0 Å². The lowest BCUT2D eigenvalue weighted by atomic mass is 9.84. The first-order valence-electron chi connectivity index (χ1n) is 7.85. The standard InChI is InChI=1S/C16H26N4/c1-12-18-14(13-5-7-17-10-13)9-15(19-12)20-8-4-6-16(2,3)11-20/h9,13,17H,4-8,10-11H2,1-3H3. The van der Waals surface area contributed by atoms with Crippen molar-refractivity contribution in [3.8, 4) is 0 Å². The molecule has 1 aromatic heterocycles. The van der Waals surface area contributed by atoms with Gasteiger partial charge in [-0.3, -0.25) is 0 Å². The molecule has 0 bridgehead atoms. The smallest absolute Gasteiger partial charge is 0.132 e. The molecule has 110 valence electrons. The van der Waals surface area contributed by atoms with Crippen molar-refractivity contribution in [2.45, 2.75) is 46.0 Å². The number of piperidine rings is 1. The van der Waals surface area contributed by atoms with Crippen LogP contribution in [-0.4, -0.2) is 36.1 Å². The lowest BCUT2D eigenvalue weighted by molar-refractivity contribution is 0.292. The Morgan fingerprint density at radius 1 is 1.35 bits per heavy atom. The molecular weight excluding hydrogens is 248 g/mol. The van der Waals surface area contributed by atoms with E-state index in [0.717, 1.165) is 37.8 Å². The lowest BCUT2D eigenvalue weighted by Gasteiger charge is -2.39. The highest BCUT2D eigenvalue weighted by atomic mass is 15.2. The van der Waals surface area contributed by atoms with Crippen molar-refractivity contribution in [1.29, 1.82) is 0 Å². The average molecular weight is 274 g/mol. The van der Waals surface area contributed by atoms with Gasteiger partial charge in [0.15, 0.2) is 0 Å². The SMILES string of the molecule is Cc1nc(C2CCNC2)cc(N2CCCC(C)(C)C2)n1. The van der Waals surface area contributed by atoms with Crippen LogP contribution in [0.1, 0.15) is 50.5 Å². The quantitative estimate of drug-likeness (QED) is 0.899. The van der Waals surface area contributed by atoms with Crippen molar-refractivity contribution >= 4 is 5.82 Å². The predicted molar refractivity (Wildman–Crippen MR) is 82.2 cm³/mol. The van der Waals surface area contributed by atoms with E-state index in [9.17, 15) is 0 Å². The number of hydrogen-bond donors (Lipinski definition) is 1. The molecule has 0 radical (unpaired) electrons. The van der Waals surface area contributed by atoms with Crippen LogP contribution in [0.4, 0.5) is 5.82 Å². The molecule has 2 saturated heterocycles. The summed E-state index contributed by atoms with van der Waals surface area (Å²) in [4.78, 5) is 11.8. The molecule has 1 N–H and O–H groups in total. The molecule has 1 unspecified atom stereocenters. The van der Waals surface area contributed by atoms with Crippen molar-refractivity contribution < 1.29 is 0 Å². The third-order valence-corrected chi connectivity index (χ3v) is 4.55. The van der Waals surface area contributed by atoms with Crippen LogP contribution in [0.2, 0.25) is 0 Å². The maximum atomic E-state index is 4.69. The van der Waals surface area contributed by atoms with Crippen molar-refractivity contribution in [2.24, 2.45) is 5.41 Å². The fraction of sp³-hybridized carbons (Fsp3) is 0.750. The fourth-order valence-corrected chi connectivity index (χ4v) is 3.47. The topological polar surface area (TPSA) is 41.1 Å². The lowest BCUT2D eigenvalue weighted by Crippen LogP contribution is -2.40. The predicted octanol–water partition coefficient (Wildman–Crippen LogP) is 2.49. The summed E-state index contributed by atoms with van der Waals surface area (Å²) in [5.41, 5.74) is 1.62. The normalized spacial score (nSPS) is 25.9. The molecule has 0 amide bonds. The van der Waals surface area contributed by atoms with Crippen molar-refractivity contribution in [3.05, 3.63) is 17.6 Å². The van der Waals surface area contributed by atoms with E-state index in [2.05, 4.69) is 40.1 Å². The largest absolute Gasteiger partial charge is 0.356 e. The van der Waals surface area contributed by atoms with Gasteiger partial charge in [0, 0.05) is 31.6 Å². The van der Waals surface area contributed by atoms with Gasteiger partial charge in [0.1, 0.15) is 11.6 Å². The van der Waals surface area contributed by atoms with Gasteiger partial charge in [-0.25, -0.2) is 9.97 Å². The van der Waals surface area contributed by atoms with Gasteiger partial charge in [-0.1, -0.05) is 13.8 Å². The Morgan fingerprint density at radius 3 is 2.90 bits per heavy atom. The highest BCUT2D eigenvalue weighted by Gasteiger charge is 2.28. The summed E-state index contributed by atoms with van der Waals surface area (Å²) in [7, 11) is 0. The summed E-state index contributed by atoms with van der Waals surface area (Å²) in [5, 5.41) is 3.43. The number of hydrogen-bond acceptors (Lipinski definition) is 4. The molecule has 3 rings (SSSR count). The zero-order valence-corrected chi connectivity index (χ0v) is 12.9. The van der Waals surface area contributed by atoms with E-state index in [1.165, 1.54) is 25.0 Å². The second kappa shape index (κ2) is 5.32. The Bertz CT molecular complexity index is 477. The van der Waals surface area contributed by atoms with Gasteiger partial charge in [0.05, 0.1) is 5.69 Å². The molecule has 1 atom stereocenters. The molecule has 0 spiro atoms. The van der Waals surface area contributed by atoms with E-state index in [1.54, 1.807) is 0 Å². The minimum atomic E-state index is 0.395. The maximum absolute atomic E-state index is 4.69. The van der Waals surface area contributed by atoms with Crippen LogP contribution >= 0.6 is 0 Å².